The average Bonchev–Trinajstić information content (AvgIpc) is 2.61. The number of anilines is 1. The lowest BCUT2D eigenvalue weighted by atomic mass is 10.2. The summed E-state index contributed by atoms with van der Waals surface area (Å²) in [5, 5.41) is 2.24. The minimum atomic E-state index is -4.56. The van der Waals surface area contributed by atoms with Crippen LogP contribution < -0.4 is 5.32 Å². The Balaban J connectivity index is 2.03. The highest BCUT2D eigenvalue weighted by atomic mass is 35.5. The van der Waals surface area contributed by atoms with E-state index in [0.29, 0.717) is 13.1 Å². The number of hydrogen-bond donors (Lipinski definition) is 1. The fraction of sp³-hybridized carbons (Fsp3) is 0.263. The molecule has 0 radical (unpaired) electrons. The number of alkyl halides is 3. The summed E-state index contributed by atoms with van der Waals surface area (Å²) in [6, 6.07) is 11.9. The van der Waals surface area contributed by atoms with E-state index in [1.165, 1.54) is 4.90 Å². The van der Waals surface area contributed by atoms with Gasteiger partial charge in [-0.15, -0.1) is 0 Å². The van der Waals surface area contributed by atoms with Crippen molar-refractivity contribution in [3.05, 3.63) is 64.7 Å². The molecule has 144 valence electrons. The highest BCUT2D eigenvalue weighted by Crippen LogP contribution is 2.33. The Morgan fingerprint density at radius 3 is 2.37 bits per heavy atom. The smallest absolute Gasteiger partial charge is 0.338 e. The van der Waals surface area contributed by atoms with Crippen LogP contribution in [0.4, 0.5) is 18.9 Å². The summed E-state index contributed by atoms with van der Waals surface area (Å²) in [4.78, 5) is 25.9. The monoisotopic (exact) mass is 398 g/mol. The number of amides is 2. The summed E-state index contributed by atoms with van der Waals surface area (Å²) in [6.07, 6.45) is -5.05. The zero-order valence-electron chi connectivity index (χ0n) is 14.5. The zero-order chi connectivity index (χ0) is 20.0. The molecule has 4 nitrogen and oxygen atoms in total. The number of halogens is 4. The number of benzene rings is 2. The normalized spacial score (nSPS) is 11.1. The first-order valence-electron chi connectivity index (χ1n) is 8.19. The molecule has 8 heteroatoms. The Morgan fingerprint density at radius 1 is 1.11 bits per heavy atom. The number of carbonyl (C=O) groups is 2. The van der Waals surface area contributed by atoms with Gasteiger partial charge in [-0.3, -0.25) is 9.59 Å². The summed E-state index contributed by atoms with van der Waals surface area (Å²) >= 11 is 5.85. The number of rotatable bonds is 6. The van der Waals surface area contributed by atoms with Crippen LogP contribution in [0.1, 0.15) is 24.5 Å². The molecule has 0 aliphatic carbocycles. The summed E-state index contributed by atoms with van der Waals surface area (Å²) in [5.41, 5.74) is -0.211. The molecule has 0 atom stereocenters. The number of carbonyl (C=O) groups excluding carboxylic acids is 2. The van der Waals surface area contributed by atoms with E-state index in [9.17, 15) is 22.8 Å². The van der Waals surface area contributed by atoms with Crippen LogP contribution in [0.15, 0.2) is 48.5 Å². The molecular formula is C19H18ClF3N2O2. The van der Waals surface area contributed by atoms with E-state index >= 15 is 0 Å². The first kappa shape index (κ1) is 20.8. The Labute approximate surface area is 159 Å². The molecule has 0 aliphatic heterocycles. The molecule has 0 saturated heterocycles. The molecule has 0 heterocycles. The van der Waals surface area contributed by atoms with E-state index in [4.69, 9.17) is 11.6 Å². The predicted octanol–water partition coefficient (Wildman–Crippen LogP) is 4.74. The minimum absolute atomic E-state index is 0.0413. The molecule has 0 unspecified atom stereocenters. The van der Waals surface area contributed by atoms with E-state index in [1.807, 2.05) is 30.3 Å². The van der Waals surface area contributed by atoms with E-state index in [-0.39, 0.29) is 10.7 Å². The molecule has 2 aromatic carbocycles. The zero-order valence-corrected chi connectivity index (χ0v) is 15.3. The second-order valence-corrected chi connectivity index (χ2v) is 6.22. The van der Waals surface area contributed by atoms with Gasteiger partial charge < -0.3 is 10.2 Å². The lowest BCUT2D eigenvalue weighted by molar-refractivity contribution is -0.138. The van der Waals surface area contributed by atoms with Gasteiger partial charge in [0.1, 0.15) is 6.42 Å². The molecule has 2 rings (SSSR count). The molecule has 2 amide bonds. The van der Waals surface area contributed by atoms with Gasteiger partial charge in [-0.05, 0) is 30.7 Å². The number of hydrogen-bond acceptors (Lipinski definition) is 2. The largest absolute Gasteiger partial charge is 0.416 e. The van der Waals surface area contributed by atoms with Crippen molar-refractivity contribution >= 4 is 29.1 Å². The Morgan fingerprint density at radius 2 is 1.78 bits per heavy atom. The van der Waals surface area contributed by atoms with Crippen molar-refractivity contribution in [3.8, 4) is 0 Å². The van der Waals surface area contributed by atoms with Crippen molar-refractivity contribution in [1.82, 2.24) is 4.90 Å². The average molecular weight is 399 g/mol. The molecule has 0 fully saturated rings. The summed E-state index contributed by atoms with van der Waals surface area (Å²) in [7, 11) is 0. The second kappa shape index (κ2) is 8.90. The van der Waals surface area contributed by atoms with Gasteiger partial charge in [-0.25, -0.2) is 0 Å². The molecule has 0 bridgehead atoms. The minimum Gasteiger partial charge on any atom is -0.338 e. The SMILES string of the molecule is CCN(Cc1ccccc1)C(=O)CC(=O)Nc1cc(C(F)(F)F)ccc1Cl. The maximum absolute atomic E-state index is 12.8. The highest BCUT2D eigenvalue weighted by molar-refractivity contribution is 6.33. The summed E-state index contributed by atoms with van der Waals surface area (Å²) in [5.74, 6) is -1.16. The van der Waals surface area contributed by atoms with Crippen molar-refractivity contribution in [2.24, 2.45) is 0 Å². The number of nitrogens with one attached hydrogen (secondary N) is 1. The number of nitrogens with zero attached hydrogens (tertiary/aromatic N) is 1. The van der Waals surface area contributed by atoms with Gasteiger partial charge in [0.25, 0.3) is 0 Å². The van der Waals surface area contributed by atoms with Gasteiger partial charge in [0, 0.05) is 13.1 Å². The molecule has 0 aliphatic rings. The van der Waals surface area contributed by atoms with E-state index in [1.54, 1.807) is 6.92 Å². The molecular weight excluding hydrogens is 381 g/mol. The van der Waals surface area contributed by atoms with Crippen LogP contribution in [-0.2, 0) is 22.3 Å². The Hall–Kier alpha value is -2.54. The molecule has 2 aromatic rings. The van der Waals surface area contributed by atoms with Gasteiger partial charge in [-0.1, -0.05) is 41.9 Å². The molecule has 27 heavy (non-hydrogen) atoms. The van der Waals surface area contributed by atoms with Gasteiger partial charge in [-0.2, -0.15) is 13.2 Å². The lowest BCUT2D eigenvalue weighted by Gasteiger charge is -2.21. The van der Waals surface area contributed by atoms with E-state index in [2.05, 4.69) is 5.32 Å². The molecule has 0 aromatic heterocycles. The van der Waals surface area contributed by atoms with Crippen LogP contribution in [0.2, 0.25) is 5.02 Å². The molecule has 1 N–H and O–H groups in total. The first-order chi connectivity index (χ1) is 12.7. The van der Waals surface area contributed by atoms with Crippen molar-refractivity contribution in [1.29, 1.82) is 0 Å². The van der Waals surface area contributed by atoms with Crippen molar-refractivity contribution in [3.63, 3.8) is 0 Å². The van der Waals surface area contributed by atoms with Crippen LogP contribution in [-0.4, -0.2) is 23.3 Å². The van der Waals surface area contributed by atoms with Gasteiger partial charge >= 0.3 is 6.18 Å². The fourth-order valence-electron chi connectivity index (χ4n) is 2.42. The summed E-state index contributed by atoms with van der Waals surface area (Å²) in [6.45, 7) is 2.52. The van der Waals surface area contributed by atoms with Crippen LogP contribution in [0, 0.1) is 0 Å². The topological polar surface area (TPSA) is 49.4 Å². The second-order valence-electron chi connectivity index (χ2n) is 5.81. The lowest BCUT2D eigenvalue weighted by Crippen LogP contribution is -2.33. The Kier molecular flexibility index (Phi) is 6.85. The first-order valence-corrected chi connectivity index (χ1v) is 8.56. The maximum Gasteiger partial charge on any atom is 0.416 e. The third-order valence-corrected chi connectivity index (χ3v) is 4.16. The third kappa shape index (κ3) is 5.99. The van der Waals surface area contributed by atoms with Crippen LogP contribution in [0.25, 0.3) is 0 Å². The van der Waals surface area contributed by atoms with E-state index in [0.717, 1.165) is 23.8 Å². The maximum atomic E-state index is 12.8. The van der Waals surface area contributed by atoms with Gasteiger partial charge in [0.05, 0.1) is 16.3 Å². The Bertz CT molecular complexity index is 810. The van der Waals surface area contributed by atoms with Crippen LogP contribution in [0.5, 0.6) is 0 Å². The highest BCUT2D eigenvalue weighted by Gasteiger charge is 2.31. The molecule has 0 saturated carbocycles. The fourth-order valence-corrected chi connectivity index (χ4v) is 2.59. The van der Waals surface area contributed by atoms with Crippen molar-refractivity contribution in [2.45, 2.75) is 26.1 Å². The predicted molar refractivity (Wildman–Crippen MR) is 97.2 cm³/mol. The van der Waals surface area contributed by atoms with Gasteiger partial charge in [0.15, 0.2) is 0 Å². The standard InChI is InChI=1S/C19H18ClF3N2O2/c1-2-25(12-13-6-4-3-5-7-13)18(27)11-17(26)24-16-10-14(19(21,22)23)8-9-15(16)20/h3-10H,2,11-12H2,1H3,(H,24,26). The quantitative estimate of drug-likeness (QED) is 0.715. The van der Waals surface area contributed by atoms with Crippen molar-refractivity contribution < 1.29 is 22.8 Å². The third-order valence-electron chi connectivity index (χ3n) is 3.83. The molecule has 0 spiro atoms. The van der Waals surface area contributed by atoms with Crippen molar-refractivity contribution in [2.75, 3.05) is 11.9 Å². The van der Waals surface area contributed by atoms with Crippen LogP contribution in [0.3, 0.4) is 0 Å². The van der Waals surface area contributed by atoms with E-state index < -0.39 is 30.0 Å². The summed E-state index contributed by atoms with van der Waals surface area (Å²) < 4.78 is 38.4. The van der Waals surface area contributed by atoms with Crippen LogP contribution >= 0.6 is 11.6 Å². The van der Waals surface area contributed by atoms with Gasteiger partial charge in [0.2, 0.25) is 11.8 Å².